The molecule has 2 aromatic carbocycles. The fourth-order valence-corrected chi connectivity index (χ4v) is 8.76. The summed E-state index contributed by atoms with van der Waals surface area (Å²) in [5.41, 5.74) is 4.87. The lowest BCUT2D eigenvalue weighted by molar-refractivity contribution is -0.147. The van der Waals surface area contributed by atoms with E-state index in [4.69, 9.17) is 62.9 Å². The van der Waals surface area contributed by atoms with Gasteiger partial charge in [0.1, 0.15) is 59.8 Å². The molecule has 0 aliphatic carbocycles. The molecule has 5 unspecified atom stereocenters. The SMILES string of the molecule is CC(=O)OCC(N)C(=O)N1CCOCC1.CC(=O)OCC(NC(=O)OC(C)(C)C)C(=O)N1CCOCC1.CC(C)(C)OC(=O)NC(CO)C(=O)N1CCOCC1.CC(C)(C)OC(=O)NC(COCc1ccccc1)C(=O)N1CCOCC1.CC(C)(C)OC(=O)NC(COCc1ccccc1)C(=O)O.Cl. The number of hydrogen-bond donors (Lipinski definition) is 7. The van der Waals surface area contributed by atoms with E-state index in [2.05, 4.69) is 26.0 Å². The second kappa shape index (κ2) is 48.7. The van der Waals surface area contributed by atoms with E-state index in [1.54, 1.807) is 103 Å². The average molecular weight is 1500 g/mol. The van der Waals surface area contributed by atoms with Gasteiger partial charge in [0.05, 0.1) is 85.9 Å². The van der Waals surface area contributed by atoms with Crippen molar-refractivity contribution in [1.82, 2.24) is 40.9 Å². The van der Waals surface area contributed by atoms with Crippen LogP contribution < -0.4 is 27.0 Å². The molecule has 0 aromatic heterocycles. The first-order chi connectivity index (χ1) is 48.3. The van der Waals surface area contributed by atoms with Crippen LogP contribution in [0.15, 0.2) is 60.7 Å². The van der Waals surface area contributed by atoms with Gasteiger partial charge in [-0.15, -0.1) is 12.4 Å². The van der Waals surface area contributed by atoms with E-state index in [1.165, 1.54) is 13.8 Å². The normalized spacial score (nSPS) is 16.0. The fourth-order valence-electron chi connectivity index (χ4n) is 8.76. The highest BCUT2D eigenvalue weighted by Crippen LogP contribution is 2.14. The van der Waals surface area contributed by atoms with Crippen molar-refractivity contribution in [3.63, 3.8) is 0 Å². The van der Waals surface area contributed by atoms with Gasteiger partial charge < -0.3 is 114 Å². The first-order valence-electron chi connectivity index (χ1n) is 33.8. The Balaban J connectivity index is 0.000000655. The second-order valence-corrected chi connectivity index (χ2v) is 27.3. The summed E-state index contributed by atoms with van der Waals surface area (Å²) >= 11 is 0. The highest BCUT2D eigenvalue weighted by Gasteiger charge is 2.33. The number of benzene rings is 2. The van der Waals surface area contributed by atoms with Crippen LogP contribution in [0.4, 0.5) is 19.2 Å². The third kappa shape index (κ3) is 43.8. The van der Waals surface area contributed by atoms with Crippen molar-refractivity contribution in [3.05, 3.63) is 71.8 Å². The molecule has 4 aliphatic rings. The molecule has 0 spiro atoms. The molecule has 0 radical (unpaired) electrons. The summed E-state index contributed by atoms with van der Waals surface area (Å²) in [6, 6.07) is 14.4. The van der Waals surface area contributed by atoms with Gasteiger partial charge in [-0.1, -0.05) is 60.7 Å². The molecular formula is C69H112ClN9O25. The number of hydrogen-bond acceptors (Lipinski definition) is 25. The van der Waals surface area contributed by atoms with Gasteiger partial charge >= 0.3 is 42.3 Å². The van der Waals surface area contributed by atoms with E-state index in [0.717, 1.165) is 11.1 Å². The van der Waals surface area contributed by atoms with Crippen LogP contribution in [0, 0.1) is 0 Å². The van der Waals surface area contributed by atoms with Crippen molar-refractivity contribution in [3.8, 4) is 0 Å². The van der Waals surface area contributed by atoms with Crippen LogP contribution in [0.5, 0.6) is 0 Å². The molecule has 0 saturated carbocycles. The molecule has 4 aliphatic heterocycles. The quantitative estimate of drug-likeness (QED) is 0.0656. The first-order valence-corrected chi connectivity index (χ1v) is 33.8. The number of carboxylic acids is 1. The molecule has 8 amide bonds. The summed E-state index contributed by atoms with van der Waals surface area (Å²) in [5.74, 6) is -3.15. The van der Waals surface area contributed by atoms with Crippen LogP contribution in [0.1, 0.15) is 108 Å². The Morgan fingerprint density at radius 3 is 0.962 bits per heavy atom. The molecule has 5 atom stereocenters. The minimum atomic E-state index is -1.17. The Hall–Kier alpha value is -8.22. The monoisotopic (exact) mass is 1500 g/mol. The lowest BCUT2D eigenvalue weighted by Gasteiger charge is -2.31. The van der Waals surface area contributed by atoms with E-state index in [1.807, 2.05) is 60.7 Å². The topological polar surface area (TPSA) is 426 Å². The molecule has 4 saturated heterocycles. The number of nitrogens with zero attached hydrogens (tertiary/aromatic N) is 4. The lowest BCUT2D eigenvalue weighted by atomic mass is 10.2. The molecule has 4 fully saturated rings. The Kier molecular flexibility index (Phi) is 44.0. The van der Waals surface area contributed by atoms with Crippen molar-refractivity contribution in [1.29, 1.82) is 0 Å². The first kappa shape index (κ1) is 93.8. The number of aliphatic carboxylic acids is 1. The van der Waals surface area contributed by atoms with Crippen molar-refractivity contribution in [2.75, 3.05) is 138 Å². The number of morpholine rings is 4. The van der Waals surface area contributed by atoms with Gasteiger partial charge in [0, 0.05) is 66.2 Å². The van der Waals surface area contributed by atoms with E-state index < -0.39 is 102 Å². The van der Waals surface area contributed by atoms with E-state index in [0.29, 0.717) is 112 Å². The molecule has 104 heavy (non-hydrogen) atoms. The molecule has 0 bridgehead atoms. The Morgan fingerprint density at radius 2 is 0.673 bits per heavy atom. The standard InChI is InChI=1S/C19H28N2O5.C15H21NO5.C14H24N2O6.C12H22N2O5.C9H16N2O4.ClH/c1-19(2,3)26-18(23)20-16(17(22)21-9-11-24-12-10-21)14-25-13-15-7-5-4-6-8-15;1-15(2,3)21-14(19)16-12(13(17)18)10-20-9-11-7-5-4-6-8-11;1-10(17)21-9-11(15-13(19)22-14(2,3)4)12(18)16-5-7-20-8-6-16;1-12(2,3)19-11(17)13-9(8-15)10(16)14-4-6-18-7-5-14;1-7(12)15-6-8(10)9(13)11-2-4-14-5-3-11;/h4-8,16H,9-14H2,1-3H3,(H,20,23);4-8,12H,9-10H2,1-3H3,(H,16,19)(H,17,18);11H,5-9H2,1-4H3,(H,15,19);9,15H,4-8H2,1-3H3,(H,13,17);8H,2-6,10H2,1H3;1H. The minimum absolute atomic E-state index is 0. The van der Waals surface area contributed by atoms with Crippen LogP contribution in [0.2, 0.25) is 0 Å². The van der Waals surface area contributed by atoms with Gasteiger partial charge in [0.2, 0.25) is 23.6 Å². The maximum absolute atomic E-state index is 12.8. The number of esters is 2. The molecule has 6 rings (SSSR count). The highest BCUT2D eigenvalue weighted by atomic mass is 35.5. The molecule has 4 heterocycles. The number of aliphatic hydroxyl groups excluding tert-OH is 1. The summed E-state index contributed by atoms with van der Waals surface area (Å²) in [6.45, 7) is 30.9. The zero-order chi connectivity index (χ0) is 77.3. The Morgan fingerprint density at radius 1 is 0.413 bits per heavy atom. The Labute approximate surface area is 615 Å². The number of rotatable bonds is 22. The molecule has 34 nitrogen and oxygen atoms in total. The van der Waals surface area contributed by atoms with Gasteiger partial charge in [-0.25, -0.2) is 24.0 Å². The zero-order valence-electron chi connectivity index (χ0n) is 62.5. The second-order valence-electron chi connectivity index (χ2n) is 27.3. The van der Waals surface area contributed by atoms with Crippen molar-refractivity contribution in [2.24, 2.45) is 5.73 Å². The van der Waals surface area contributed by atoms with Gasteiger partial charge in [0.15, 0.2) is 6.04 Å². The summed E-state index contributed by atoms with van der Waals surface area (Å²) in [6.07, 6.45) is -2.86. The summed E-state index contributed by atoms with van der Waals surface area (Å²) in [5, 5.41) is 28.0. The largest absolute Gasteiger partial charge is 0.480 e. The third-order valence-corrected chi connectivity index (χ3v) is 13.5. The summed E-state index contributed by atoms with van der Waals surface area (Å²) < 4.78 is 61.7. The van der Waals surface area contributed by atoms with Crippen molar-refractivity contribution < 1.29 is 120 Å². The van der Waals surface area contributed by atoms with Gasteiger partial charge in [0.25, 0.3) is 0 Å². The van der Waals surface area contributed by atoms with E-state index in [9.17, 15) is 57.8 Å². The maximum atomic E-state index is 12.8. The van der Waals surface area contributed by atoms with Gasteiger partial charge in [-0.05, 0) is 94.2 Å². The highest BCUT2D eigenvalue weighted by molar-refractivity contribution is 5.88. The summed E-state index contributed by atoms with van der Waals surface area (Å²) in [4.78, 5) is 135. The van der Waals surface area contributed by atoms with Crippen LogP contribution in [0.3, 0.4) is 0 Å². The van der Waals surface area contributed by atoms with Crippen molar-refractivity contribution >= 4 is 78.3 Å². The fraction of sp³-hybridized carbons (Fsp3) is 0.667. The predicted molar refractivity (Wildman–Crippen MR) is 378 cm³/mol. The average Bonchev–Trinajstić information content (AvgIpc) is 0.870. The number of nitrogens with two attached hydrogens (primary N) is 1. The molecule has 8 N–H and O–H groups in total. The number of amides is 8. The number of alkyl carbamates (subject to hydrolysis) is 4. The lowest BCUT2D eigenvalue weighted by Crippen LogP contribution is -2.54. The van der Waals surface area contributed by atoms with Gasteiger partial charge in [-0.2, -0.15) is 0 Å². The number of aliphatic hydroxyl groups is 1. The molecule has 35 heteroatoms. The van der Waals surface area contributed by atoms with Gasteiger partial charge in [-0.3, -0.25) is 28.8 Å². The molecule has 2 aromatic rings. The van der Waals surface area contributed by atoms with E-state index >= 15 is 0 Å². The molecule has 590 valence electrons. The van der Waals surface area contributed by atoms with Crippen LogP contribution in [-0.2, 0) is 104 Å². The maximum Gasteiger partial charge on any atom is 0.408 e. The molecular weight excluding hydrogens is 1390 g/mol. The van der Waals surface area contributed by atoms with Crippen LogP contribution in [0.25, 0.3) is 0 Å². The number of carboxylic acid groups (broad SMARTS) is 1. The number of ether oxygens (including phenoxy) is 12. The number of halogens is 1. The van der Waals surface area contributed by atoms with Crippen molar-refractivity contribution in [2.45, 2.75) is 163 Å². The Bertz CT molecular complexity index is 2910. The smallest absolute Gasteiger partial charge is 0.408 e. The number of carbonyl (C=O) groups excluding carboxylic acids is 10. The number of carbonyl (C=O) groups is 11. The minimum Gasteiger partial charge on any atom is -0.480 e. The van der Waals surface area contributed by atoms with Crippen LogP contribution >= 0.6 is 12.4 Å². The summed E-state index contributed by atoms with van der Waals surface area (Å²) in [7, 11) is 0. The van der Waals surface area contributed by atoms with Crippen LogP contribution in [-0.4, -0.2) is 287 Å². The zero-order valence-corrected chi connectivity index (χ0v) is 63.3. The predicted octanol–water partition coefficient (Wildman–Crippen LogP) is 3.33. The third-order valence-electron chi connectivity index (χ3n) is 13.5. The number of nitrogens with one attached hydrogen (secondary N) is 4. The van der Waals surface area contributed by atoms with E-state index in [-0.39, 0.29) is 69.1 Å².